The molecule has 0 bridgehead atoms. The first-order chi connectivity index (χ1) is 8.88. The number of nitrogens with zero attached hydrogens (tertiary/aromatic N) is 1. The van der Waals surface area contributed by atoms with Crippen LogP contribution in [0, 0.1) is 11.8 Å². The van der Waals surface area contributed by atoms with Crippen LogP contribution in [0.1, 0.15) is 32.6 Å². The summed E-state index contributed by atoms with van der Waals surface area (Å²) in [5, 5.41) is 3.25. The highest BCUT2D eigenvalue weighted by Gasteiger charge is 2.43. The number of carbonyl (C=O) groups excluding carboxylic acids is 1. The molecule has 0 aromatic rings. The summed E-state index contributed by atoms with van der Waals surface area (Å²) >= 11 is 0. The molecule has 19 heavy (non-hydrogen) atoms. The van der Waals surface area contributed by atoms with Gasteiger partial charge in [-0.2, -0.15) is 13.2 Å². The Morgan fingerprint density at radius 3 is 2.37 bits per heavy atom. The number of halogens is 3. The third kappa shape index (κ3) is 3.61. The van der Waals surface area contributed by atoms with E-state index in [1.165, 1.54) is 0 Å². The van der Waals surface area contributed by atoms with Gasteiger partial charge in [-0.1, -0.05) is 0 Å². The second kappa shape index (κ2) is 5.69. The Morgan fingerprint density at radius 1 is 1.21 bits per heavy atom. The van der Waals surface area contributed by atoms with Gasteiger partial charge in [0.05, 0.1) is 5.92 Å². The van der Waals surface area contributed by atoms with Gasteiger partial charge < -0.3 is 10.2 Å². The van der Waals surface area contributed by atoms with Crippen LogP contribution >= 0.6 is 0 Å². The van der Waals surface area contributed by atoms with Crippen LogP contribution in [0.5, 0.6) is 0 Å². The van der Waals surface area contributed by atoms with Crippen LogP contribution in [0.3, 0.4) is 0 Å². The summed E-state index contributed by atoms with van der Waals surface area (Å²) in [5.41, 5.74) is 0. The van der Waals surface area contributed by atoms with E-state index in [0.29, 0.717) is 25.9 Å². The van der Waals surface area contributed by atoms with E-state index in [1.807, 2.05) is 6.92 Å². The van der Waals surface area contributed by atoms with Crippen molar-refractivity contribution in [3.8, 4) is 0 Å². The number of hydrogen-bond acceptors (Lipinski definition) is 2. The first-order valence-corrected chi connectivity index (χ1v) is 6.97. The Bertz CT molecular complexity index is 324. The van der Waals surface area contributed by atoms with E-state index in [4.69, 9.17) is 0 Å². The van der Waals surface area contributed by atoms with Crippen LogP contribution in [0.4, 0.5) is 13.2 Å². The lowest BCUT2D eigenvalue weighted by Crippen LogP contribution is -2.53. The van der Waals surface area contributed by atoms with Crippen LogP contribution < -0.4 is 5.32 Å². The van der Waals surface area contributed by atoms with Gasteiger partial charge in [-0.3, -0.25) is 4.79 Å². The second-order valence-electron chi connectivity index (χ2n) is 5.73. The molecule has 6 heteroatoms. The second-order valence-corrected chi connectivity index (χ2v) is 5.73. The monoisotopic (exact) mass is 278 g/mol. The van der Waals surface area contributed by atoms with Crippen molar-refractivity contribution in [1.29, 1.82) is 0 Å². The quantitative estimate of drug-likeness (QED) is 0.797. The van der Waals surface area contributed by atoms with Gasteiger partial charge in [0.25, 0.3) is 0 Å². The van der Waals surface area contributed by atoms with E-state index in [9.17, 15) is 18.0 Å². The number of amides is 1. The number of rotatable bonds is 1. The molecule has 0 aromatic carbocycles. The van der Waals surface area contributed by atoms with E-state index < -0.39 is 12.1 Å². The van der Waals surface area contributed by atoms with Crippen molar-refractivity contribution in [2.45, 2.75) is 44.8 Å². The molecule has 2 aliphatic rings. The van der Waals surface area contributed by atoms with Crippen molar-refractivity contribution in [3.05, 3.63) is 0 Å². The normalized spacial score (nSPS) is 33.3. The highest BCUT2D eigenvalue weighted by Crippen LogP contribution is 2.39. The fourth-order valence-electron chi connectivity index (χ4n) is 3.06. The van der Waals surface area contributed by atoms with E-state index in [2.05, 4.69) is 5.32 Å². The van der Waals surface area contributed by atoms with E-state index in [-0.39, 0.29) is 30.7 Å². The SMILES string of the molecule is C[C@H]1CN(C(=O)C2CCC(C(F)(F)F)CC2)CCN1. The molecule has 1 atom stereocenters. The zero-order valence-corrected chi connectivity index (χ0v) is 11.2. The molecular weight excluding hydrogens is 257 g/mol. The van der Waals surface area contributed by atoms with Crippen molar-refractivity contribution < 1.29 is 18.0 Å². The summed E-state index contributed by atoms with van der Waals surface area (Å²) < 4.78 is 37.7. The maximum atomic E-state index is 12.6. The number of piperazine rings is 1. The minimum atomic E-state index is -4.10. The van der Waals surface area contributed by atoms with E-state index in [0.717, 1.165) is 6.54 Å². The zero-order chi connectivity index (χ0) is 14.0. The fraction of sp³-hybridized carbons (Fsp3) is 0.923. The Kier molecular flexibility index (Phi) is 4.38. The number of hydrogen-bond donors (Lipinski definition) is 1. The summed E-state index contributed by atoms with van der Waals surface area (Å²) in [4.78, 5) is 14.1. The maximum Gasteiger partial charge on any atom is 0.391 e. The number of carbonyl (C=O) groups is 1. The van der Waals surface area contributed by atoms with Crippen LogP contribution in [0.2, 0.25) is 0 Å². The molecule has 1 aliphatic heterocycles. The summed E-state index contributed by atoms with van der Waals surface area (Å²) in [5.74, 6) is -1.36. The van der Waals surface area contributed by atoms with Gasteiger partial charge >= 0.3 is 6.18 Å². The van der Waals surface area contributed by atoms with Crippen molar-refractivity contribution in [1.82, 2.24) is 10.2 Å². The van der Waals surface area contributed by atoms with Gasteiger partial charge in [-0.25, -0.2) is 0 Å². The molecule has 1 amide bonds. The molecule has 1 aliphatic carbocycles. The first kappa shape index (κ1) is 14.6. The molecule has 0 radical (unpaired) electrons. The molecule has 2 fully saturated rings. The fourth-order valence-corrected chi connectivity index (χ4v) is 3.06. The molecule has 2 rings (SSSR count). The van der Waals surface area contributed by atoms with Crippen LogP contribution in [-0.4, -0.2) is 42.7 Å². The lowest BCUT2D eigenvalue weighted by atomic mass is 9.81. The molecule has 110 valence electrons. The third-order valence-corrected chi connectivity index (χ3v) is 4.22. The van der Waals surface area contributed by atoms with Crippen molar-refractivity contribution in [2.24, 2.45) is 11.8 Å². The van der Waals surface area contributed by atoms with E-state index in [1.54, 1.807) is 4.90 Å². The summed E-state index contributed by atoms with van der Waals surface area (Å²) in [6.07, 6.45) is -3.15. The van der Waals surface area contributed by atoms with Crippen molar-refractivity contribution in [2.75, 3.05) is 19.6 Å². The Balaban J connectivity index is 1.85. The Labute approximate surface area is 111 Å². The minimum Gasteiger partial charge on any atom is -0.340 e. The molecule has 0 aromatic heterocycles. The average Bonchev–Trinajstić information content (AvgIpc) is 2.37. The van der Waals surface area contributed by atoms with Crippen molar-refractivity contribution in [3.63, 3.8) is 0 Å². The molecule has 1 saturated heterocycles. The summed E-state index contributed by atoms with van der Waals surface area (Å²) in [6, 6.07) is 0.268. The van der Waals surface area contributed by atoms with Crippen LogP contribution in [0.15, 0.2) is 0 Å². The number of alkyl halides is 3. The maximum absolute atomic E-state index is 12.6. The molecule has 3 nitrogen and oxygen atoms in total. The zero-order valence-electron chi connectivity index (χ0n) is 11.2. The highest BCUT2D eigenvalue weighted by atomic mass is 19.4. The third-order valence-electron chi connectivity index (χ3n) is 4.22. The van der Waals surface area contributed by atoms with Gasteiger partial charge in [0, 0.05) is 31.6 Å². The molecule has 0 spiro atoms. The van der Waals surface area contributed by atoms with Gasteiger partial charge in [0.1, 0.15) is 0 Å². The van der Waals surface area contributed by atoms with Crippen LogP contribution in [0.25, 0.3) is 0 Å². The number of nitrogens with one attached hydrogen (secondary N) is 1. The van der Waals surface area contributed by atoms with Gasteiger partial charge in [-0.15, -0.1) is 0 Å². The summed E-state index contributed by atoms with van der Waals surface area (Å²) in [7, 11) is 0. The van der Waals surface area contributed by atoms with Crippen molar-refractivity contribution >= 4 is 5.91 Å². The van der Waals surface area contributed by atoms with Gasteiger partial charge in [-0.05, 0) is 32.6 Å². The standard InChI is InChI=1S/C13H21F3N2O/c1-9-8-18(7-6-17-9)12(19)10-2-4-11(5-3-10)13(14,15)16/h9-11,17H,2-8H2,1H3/t9-,10?,11?/m0/s1. The molecular formula is C13H21F3N2O. The average molecular weight is 278 g/mol. The van der Waals surface area contributed by atoms with Gasteiger partial charge in [0.2, 0.25) is 5.91 Å². The molecule has 1 heterocycles. The molecule has 0 unspecified atom stereocenters. The molecule has 1 saturated carbocycles. The molecule has 1 N–H and O–H groups in total. The van der Waals surface area contributed by atoms with Crippen LogP contribution in [-0.2, 0) is 4.79 Å². The lowest BCUT2D eigenvalue weighted by molar-refractivity contribution is -0.185. The Morgan fingerprint density at radius 2 is 1.84 bits per heavy atom. The highest BCUT2D eigenvalue weighted by molar-refractivity contribution is 5.79. The predicted molar refractivity (Wildman–Crippen MR) is 65.5 cm³/mol. The largest absolute Gasteiger partial charge is 0.391 e. The van der Waals surface area contributed by atoms with Gasteiger partial charge in [0.15, 0.2) is 0 Å². The predicted octanol–water partition coefficient (Wildman–Crippen LogP) is 2.18. The first-order valence-electron chi connectivity index (χ1n) is 6.97. The smallest absolute Gasteiger partial charge is 0.340 e. The minimum absolute atomic E-state index is 0.0500. The summed E-state index contributed by atoms with van der Waals surface area (Å²) in [6.45, 7) is 4.12. The topological polar surface area (TPSA) is 32.3 Å². The van der Waals surface area contributed by atoms with E-state index >= 15 is 0 Å². The Hall–Kier alpha value is -0.780. The lowest BCUT2D eigenvalue weighted by Gasteiger charge is -2.36.